The van der Waals surface area contributed by atoms with Gasteiger partial charge in [0.05, 0.1) is 11.9 Å². The summed E-state index contributed by atoms with van der Waals surface area (Å²) in [6.07, 6.45) is 1.87. The maximum atomic E-state index is 5.53. The summed E-state index contributed by atoms with van der Waals surface area (Å²) in [5, 5.41) is 3.19. The molecule has 5 nitrogen and oxygen atoms in total. The van der Waals surface area contributed by atoms with Gasteiger partial charge in [0.15, 0.2) is 5.82 Å². The Kier molecular flexibility index (Phi) is 2.19. The highest BCUT2D eigenvalue weighted by Gasteiger charge is 2.09. The Morgan fingerprint density at radius 3 is 2.82 bits per heavy atom. The lowest BCUT2D eigenvalue weighted by molar-refractivity contribution is 0.957. The molecule has 0 aliphatic rings. The standard InChI is InChI=1S/C12H13N5/c1-8-4-2-3-5-10(8)11-15-12-14-9(6-13)7-17(12)16-11/h2-5,7H,6,13H2,1H3,(H,14,15,16). The average Bonchev–Trinajstić information content (AvgIpc) is 2.86. The van der Waals surface area contributed by atoms with Gasteiger partial charge in [0.2, 0.25) is 0 Å². The second kappa shape index (κ2) is 3.71. The zero-order valence-electron chi connectivity index (χ0n) is 9.51. The molecular weight excluding hydrogens is 214 g/mol. The highest BCUT2D eigenvalue weighted by atomic mass is 15.3. The molecule has 3 rings (SSSR count). The number of benzene rings is 1. The van der Waals surface area contributed by atoms with E-state index in [4.69, 9.17) is 5.73 Å². The van der Waals surface area contributed by atoms with E-state index < -0.39 is 0 Å². The van der Waals surface area contributed by atoms with E-state index in [1.165, 1.54) is 5.56 Å². The van der Waals surface area contributed by atoms with Crippen LogP contribution >= 0.6 is 0 Å². The lowest BCUT2D eigenvalue weighted by Gasteiger charge is -1.99. The van der Waals surface area contributed by atoms with E-state index in [2.05, 4.69) is 28.1 Å². The van der Waals surface area contributed by atoms with E-state index in [0.717, 1.165) is 17.1 Å². The first-order valence-corrected chi connectivity index (χ1v) is 5.48. The van der Waals surface area contributed by atoms with Crippen molar-refractivity contribution in [1.82, 2.24) is 19.6 Å². The van der Waals surface area contributed by atoms with Crippen LogP contribution < -0.4 is 5.73 Å². The number of imidazole rings is 1. The molecule has 3 aromatic rings. The van der Waals surface area contributed by atoms with Crippen LogP contribution in [0.1, 0.15) is 11.3 Å². The number of fused-ring (bicyclic) bond motifs is 1. The van der Waals surface area contributed by atoms with Gasteiger partial charge in [0.25, 0.3) is 5.78 Å². The molecule has 17 heavy (non-hydrogen) atoms. The summed E-state index contributed by atoms with van der Waals surface area (Å²) in [5.74, 6) is 1.48. The van der Waals surface area contributed by atoms with Gasteiger partial charge in [0, 0.05) is 12.1 Å². The minimum Gasteiger partial charge on any atom is -0.325 e. The summed E-state index contributed by atoms with van der Waals surface area (Å²) in [4.78, 5) is 8.76. The van der Waals surface area contributed by atoms with Crippen LogP contribution in [0.3, 0.4) is 0 Å². The zero-order valence-corrected chi connectivity index (χ0v) is 9.51. The van der Waals surface area contributed by atoms with Crippen LogP contribution in [0.15, 0.2) is 30.5 Å². The topological polar surface area (TPSA) is 72.0 Å². The number of H-pyrrole nitrogens is 1. The number of rotatable bonds is 2. The maximum absolute atomic E-state index is 5.53. The van der Waals surface area contributed by atoms with Gasteiger partial charge in [-0.1, -0.05) is 24.3 Å². The molecular formula is C12H13N5. The van der Waals surface area contributed by atoms with Crippen molar-refractivity contribution in [2.24, 2.45) is 5.73 Å². The lowest BCUT2D eigenvalue weighted by Crippen LogP contribution is -1.96. The van der Waals surface area contributed by atoms with Crippen molar-refractivity contribution in [3.8, 4) is 11.4 Å². The van der Waals surface area contributed by atoms with Gasteiger partial charge in [-0.25, -0.2) is 9.50 Å². The molecule has 0 unspecified atom stereocenters. The minimum absolute atomic E-state index is 0.427. The van der Waals surface area contributed by atoms with E-state index in [-0.39, 0.29) is 0 Å². The molecule has 1 aromatic carbocycles. The van der Waals surface area contributed by atoms with Gasteiger partial charge in [-0.05, 0) is 12.5 Å². The van der Waals surface area contributed by atoms with Crippen LogP contribution in [0.5, 0.6) is 0 Å². The number of aromatic nitrogens is 4. The molecule has 0 aliphatic carbocycles. The number of nitrogens with two attached hydrogens (primary N) is 1. The first-order valence-electron chi connectivity index (χ1n) is 5.48. The highest BCUT2D eigenvalue weighted by Crippen LogP contribution is 2.19. The maximum Gasteiger partial charge on any atom is 0.251 e. The van der Waals surface area contributed by atoms with E-state index >= 15 is 0 Å². The van der Waals surface area contributed by atoms with Gasteiger partial charge in [-0.15, -0.1) is 0 Å². The van der Waals surface area contributed by atoms with Gasteiger partial charge >= 0.3 is 0 Å². The van der Waals surface area contributed by atoms with Crippen LogP contribution in [-0.2, 0) is 6.54 Å². The number of aryl methyl sites for hydroxylation is 1. The summed E-state index contributed by atoms with van der Waals surface area (Å²) in [6, 6.07) is 8.11. The SMILES string of the molecule is Cc1ccccc1-c1nc2nc(CN)cn2[nH]1. The third-order valence-electron chi connectivity index (χ3n) is 2.78. The molecule has 2 heterocycles. The van der Waals surface area contributed by atoms with Crippen LogP contribution in [0.2, 0.25) is 0 Å². The van der Waals surface area contributed by atoms with Crippen molar-refractivity contribution >= 4 is 5.78 Å². The van der Waals surface area contributed by atoms with Crippen molar-refractivity contribution in [2.75, 3.05) is 0 Å². The predicted octanol–water partition coefficient (Wildman–Crippen LogP) is 1.49. The van der Waals surface area contributed by atoms with E-state index in [9.17, 15) is 0 Å². The number of hydrogen-bond acceptors (Lipinski definition) is 3. The Morgan fingerprint density at radius 2 is 2.12 bits per heavy atom. The Bertz CT molecular complexity index is 633. The monoisotopic (exact) mass is 227 g/mol. The molecule has 3 N–H and O–H groups in total. The quantitative estimate of drug-likeness (QED) is 0.696. The fraction of sp³-hybridized carbons (Fsp3) is 0.167. The molecule has 0 saturated heterocycles. The second-order valence-corrected chi connectivity index (χ2v) is 3.99. The fourth-order valence-electron chi connectivity index (χ4n) is 1.88. The van der Waals surface area contributed by atoms with Crippen LogP contribution in [0.4, 0.5) is 0 Å². The van der Waals surface area contributed by atoms with Crippen LogP contribution in [-0.4, -0.2) is 19.6 Å². The summed E-state index contributed by atoms with van der Waals surface area (Å²) in [6.45, 7) is 2.49. The van der Waals surface area contributed by atoms with E-state index in [1.54, 1.807) is 4.52 Å². The molecule has 86 valence electrons. The minimum atomic E-state index is 0.427. The molecule has 2 aromatic heterocycles. The molecule has 0 bridgehead atoms. The molecule has 0 aliphatic heterocycles. The Morgan fingerprint density at radius 1 is 1.29 bits per heavy atom. The fourth-order valence-corrected chi connectivity index (χ4v) is 1.88. The number of hydrogen-bond donors (Lipinski definition) is 2. The van der Waals surface area contributed by atoms with Crippen LogP contribution in [0, 0.1) is 6.92 Å². The van der Waals surface area contributed by atoms with E-state index in [0.29, 0.717) is 12.3 Å². The van der Waals surface area contributed by atoms with Gasteiger partial charge in [0.1, 0.15) is 0 Å². The molecule has 0 radical (unpaired) electrons. The van der Waals surface area contributed by atoms with Crippen molar-refractivity contribution in [3.05, 3.63) is 41.7 Å². The number of nitrogens with one attached hydrogen (secondary N) is 1. The highest BCUT2D eigenvalue weighted by molar-refractivity contribution is 5.61. The molecule has 0 saturated carbocycles. The summed E-state index contributed by atoms with van der Waals surface area (Å²) < 4.78 is 1.80. The first-order chi connectivity index (χ1) is 8.28. The Hall–Kier alpha value is -2.14. The normalized spacial score (nSPS) is 11.2. The Balaban J connectivity index is 2.13. The van der Waals surface area contributed by atoms with Gasteiger partial charge in [-0.3, -0.25) is 5.10 Å². The van der Waals surface area contributed by atoms with E-state index in [1.807, 2.05) is 24.4 Å². The largest absolute Gasteiger partial charge is 0.325 e. The average molecular weight is 227 g/mol. The molecule has 0 fully saturated rings. The molecule has 5 heteroatoms. The summed E-state index contributed by atoms with van der Waals surface area (Å²) in [7, 11) is 0. The summed E-state index contributed by atoms with van der Waals surface area (Å²) in [5.41, 5.74) is 8.64. The number of aromatic amines is 1. The summed E-state index contributed by atoms with van der Waals surface area (Å²) >= 11 is 0. The molecule has 0 atom stereocenters. The first kappa shape index (κ1) is 10.0. The third kappa shape index (κ3) is 1.60. The second-order valence-electron chi connectivity index (χ2n) is 3.99. The van der Waals surface area contributed by atoms with Crippen LogP contribution in [0.25, 0.3) is 17.2 Å². The zero-order chi connectivity index (χ0) is 11.8. The van der Waals surface area contributed by atoms with Gasteiger partial charge < -0.3 is 5.73 Å². The van der Waals surface area contributed by atoms with Crippen molar-refractivity contribution in [1.29, 1.82) is 0 Å². The lowest BCUT2D eigenvalue weighted by atomic mass is 10.1. The van der Waals surface area contributed by atoms with Crippen molar-refractivity contribution < 1.29 is 0 Å². The molecule has 0 spiro atoms. The van der Waals surface area contributed by atoms with Crippen molar-refractivity contribution in [2.45, 2.75) is 13.5 Å². The van der Waals surface area contributed by atoms with Crippen molar-refractivity contribution in [3.63, 3.8) is 0 Å². The third-order valence-corrected chi connectivity index (χ3v) is 2.78. The predicted molar refractivity (Wildman–Crippen MR) is 65.4 cm³/mol. The Labute approximate surface area is 98.3 Å². The number of nitrogens with zero attached hydrogens (tertiary/aromatic N) is 3. The van der Waals surface area contributed by atoms with Gasteiger partial charge in [-0.2, -0.15) is 4.98 Å². The smallest absolute Gasteiger partial charge is 0.251 e. The molecule has 0 amide bonds.